The Morgan fingerprint density at radius 3 is 2.47 bits per heavy atom. The van der Waals surface area contributed by atoms with Crippen LogP contribution in [-0.4, -0.2) is 16.9 Å². The molecule has 3 N–H and O–H groups in total. The Bertz CT molecular complexity index is 235. The quantitative estimate of drug-likeness (QED) is 0.721. The minimum atomic E-state index is -0.0255. The van der Waals surface area contributed by atoms with Gasteiger partial charge in [-0.2, -0.15) is 0 Å². The molecule has 1 fully saturated rings. The van der Waals surface area contributed by atoms with Crippen LogP contribution in [0, 0.1) is 5.92 Å². The first kappa shape index (κ1) is 12.4. The topological polar surface area (TPSA) is 55.1 Å². The Balaban J connectivity index is 2.23. The van der Waals surface area contributed by atoms with Crippen molar-refractivity contribution < 1.29 is 4.79 Å². The zero-order valence-electron chi connectivity index (χ0n) is 9.29. The summed E-state index contributed by atoms with van der Waals surface area (Å²) in [6, 6.07) is 0.342. The summed E-state index contributed by atoms with van der Waals surface area (Å²) >= 11 is 4.69. The molecule has 1 aliphatic rings. The average Bonchev–Trinajstić information content (AvgIpc) is 2.17. The summed E-state index contributed by atoms with van der Waals surface area (Å²) in [4.78, 5) is 11.7. The van der Waals surface area contributed by atoms with Crippen molar-refractivity contribution in [3.63, 3.8) is 0 Å². The van der Waals surface area contributed by atoms with Gasteiger partial charge >= 0.3 is 0 Å². The van der Waals surface area contributed by atoms with Crippen molar-refractivity contribution in [2.75, 3.05) is 0 Å². The van der Waals surface area contributed by atoms with E-state index in [9.17, 15) is 4.79 Å². The lowest BCUT2D eigenvalue weighted by Crippen LogP contribution is -2.38. The molecule has 0 aromatic rings. The third-order valence-corrected chi connectivity index (χ3v) is 3.27. The lowest BCUT2D eigenvalue weighted by Gasteiger charge is -2.28. The van der Waals surface area contributed by atoms with Gasteiger partial charge in [0.15, 0.2) is 0 Å². The van der Waals surface area contributed by atoms with E-state index in [1.54, 1.807) is 0 Å². The number of nitrogens with two attached hydrogens (primary N) is 1. The van der Waals surface area contributed by atoms with Crippen molar-refractivity contribution in [1.82, 2.24) is 5.32 Å². The normalized spacial score (nSPS) is 25.9. The third kappa shape index (κ3) is 4.60. The standard InChI is InChI=1S/C11H20N2OS/c1-2-8-3-5-9(6-4-8)13-11(14)7-10(12)15/h8-9H,2-7H2,1H3,(H2,12,15)(H,13,14). The van der Waals surface area contributed by atoms with Gasteiger partial charge in [0.2, 0.25) is 5.91 Å². The van der Waals surface area contributed by atoms with Gasteiger partial charge in [0.05, 0.1) is 11.4 Å². The van der Waals surface area contributed by atoms with E-state index < -0.39 is 0 Å². The molecular weight excluding hydrogens is 208 g/mol. The highest BCUT2D eigenvalue weighted by Crippen LogP contribution is 2.26. The van der Waals surface area contributed by atoms with Gasteiger partial charge in [-0.25, -0.2) is 0 Å². The number of nitrogens with one attached hydrogen (secondary N) is 1. The van der Waals surface area contributed by atoms with Crippen molar-refractivity contribution in [3.05, 3.63) is 0 Å². The fourth-order valence-corrected chi connectivity index (χ4v) is 2.28. The average molecular weight is 228 g/mol. The Kier molecular flexibility index (Phi) is 5.02. The predicted molar refractivity (Wildman–Crippen MR) is 65.6 cm³/mol. The van der Waals surface area contributed by atoms with Gasteiger partial charge in [-0.05, 0) is 31.6 Å². The molecule has 0 bridgehead atoms. The molecule has 0 saturated heterocycles. The number of carbonyl (C=O) groups excluding carboxylic acids is 1. The summed E-state index contributed by atoms with van der Waals surface area (Å²) in [6.07, 6.45) is 6.10. The Labute approximate surface area is 96.8 Å². The predicted octanol–water partition coefficient (Wildman–Crippen LogP) is 1.75. The SMILES string of the molecule is CCC1CCC(NC(=O)CC(N)=S)CC1. The molecule has 0 aliphatic heterocycles. The second-order valence-electron chi connectivity index (χ2n) is 4.34. The summed E-state index contributed by atoms with van der Waals surface area (Å²) in [5.41, 5.74) is 5.31. The van der Waals surface area contributed by atoms with Crippen LogP contribution in [0.1, 0.15) is 45.4 Å². The van der Waals surface area contributed by atoms with Gasteiger partial charge in [0.1, 0.15) is 0 Å². The number of thiocarbonyl (C=S) groups is 1. The number of amides is 1. The van der Waals surface area contributed by atoms with Crippen LogP contribution in [0.3, 0.4) is 0 Å². The zero-order valence-corrected chi connectivity index (χ0v) is 10.1. The molecule has 0 spiro atoms. The highest BCUT2D eigenvalue weighted by Gasteiger charge is 2.21. The smallest absolute Gasteiger partial charge is 0.227 e. The maximum atomic E-state index is 11.4. The monoisotopic (exact) mass is 228 g/mol. The molecule has 3 nitrogen and oxygen atoms in total. The summed E-state index contributed by atoms with van der Waals surface area (Å²) < 4.78 is 0. The van der Waals surface area contributed by atoms with Crippen LogP contribution >= 0.6 is 12.2 Å². The van der Waals surface area contributed by atoms with E-state index in [0.717, 1.165) is 18.8 Å². The summed E-state index contributed by atoms with van der Waals surface area (Å²) in [5.74, 6) is 0.830. The minimum Gasteiger partial charge on any atom is -0.393 e. The summed E-state index contributed by atoms with van der Waals surface area (Å²) in [6.45, 7) is 2.23. The van der Waals surface area contributed by atoms with E-state index >= 15 is 0 Å². The number of carbonyl (C=O) groups is 1. The molecule has 86 valence electrons. The van der Waals surface area contributed by atoms with E-state index in [1.165, 1.54) is 19.3 Å². The van der Waals surface area contributed by atoms with Crippen molar-refractivity contribution in [2.24, 2.45) is 11.7 Å². The van der Waals surface area contributed by atoms with Crippen molar-refractivity contribution in [1.29, 1.82) is 0 Å². The van der Waals surface area contributed by atoms with E-state index in [2.05, 4.69) is 12.2 Å². The molecule has 4 heteroatoms. The Hall–Kier alpha value is -0.640. The first-order valence-corrected chi connectivity index (χ1v) is 6.10. The first-order valence-electron chi connectivity index (χ1n) is 5.69. The molecule has 0 aromatic heterocycles. The third-order valence-electron chi connectivity index (χ3n) is 3.12. The highest BCUT2D eigenvalue weighted by atomic mass is 32.1. The Morgan fingerprint density at radius 1 is 1.40 bits per heavy atom. The van der Waals surface area contributed by atoms with E-state index in [1.807, 2.05) is 0 Å². The molecule has 0 unspecified atom stereocenters. The molecule has 1 amide bonds. The zero-order chi connectivity index (χ0) is 11.3. The van der Waals surface area contributed by atoms with Crippen molar-refractivity contribution >= 4 is 23.1 Å². The number of rotatable bonds is 4. The number of hydrogen-bond donors (Lipinski definition) is 2. The summed E-state index contributed by atoms with van der Waals surface area (Å²) in [5, 5.41) is 2.99. The van der Waals surface area contributed by atoms with E-state index in [4.69, 9.17) is 18.0 Å². The Morgan fingerprint density at radius 2 is 2.00 bits per heavy atom. The molecule has 0 aromatic carbocycles. The number of hydrogen-bond acceptors (Lipinski definition) is 2. The molecule has 15 heavy (non-hydrogen) atoms. The van der Waals surface area contributed by atoms with Crippen LogP contribution in [0.4, 0.5) is 0 Å². The summed E-state index contributed by atoms with van der Waals surface area (Å²) in [7, 11) is 0. The molecule has 1 aliphatic carbocycles. The van der Waals surface area contributed by atoms with Crippen LogP contribution < -0.4 is 11.1 Å². The maximum Gasteiger partial charge on any atom is 0.227 e. The van der Waals surface area contributed by atoms with Gasteiger partial charge in [-0.1, -0.05) is 25.6 Å². The van der Waals surface area contributed by atoms with Gasteiger partial charge < -0.3 is 11.1 Å². The van der Waals surface area contributed by atoms with Crippen LogP contribution in [0.2, 0.25) is 0 Å². The van der Waals surface area contributed by atoms with E-state index in [-0.39, 0.29) is 17.3 Å². The second kappa shape index (κ2) is 6.05. The van der Waals surface area contributed by atoms with Crippen LogP contribution in [-0.2, 0) is 4.79 Å². The molecule has 0 heterocycles. The van der Waals surface area contributed by atoms with Gasteiger partial charge in [-0.15, -0.1) is 0 Å². The molecule has 1 saturated carbocycles. The molecule has 0 atom stereocenters. The maximum absolute atomic E-state index is 11.4. The molecular formula is C11H20N2OS. The fourth-order valence-electron chi connectivity index (χ4n) is 2.15. The largest absolute Gasteiger partial charge is 0.393 e. The second-order valence-corrected chi connectivity index (χ2v) is 4.86. The fraction of sp³-hybridized carbons (Fsp3) is 0.818. The highest BCUT2D eigenvalue weighted by molar-refractivity contribution is 7.80. The lowest BCUT2D eigenvalue weighted by atomic mass is 9.84. The van der Waals surface area contributed by atoms with Crippen LogP contribution in [0.15, 0.2) is 0 Å². The van der Waals surface area contributed by atoms with Crippen LogP contribution in [0.5, 0.6) is 0 Å². The molecule has 0 radical (unpaired) electrons. The first-order chi connectivity index (χ1) is 7.11. The van der Waals surface area contributed by atoms with Gasteiger partial charge in [0.25, 0.3) is 0 Å². The van der Waals surface area contributed by atoms with Crippen molar-refractivity contribution in [3.8, 4) is 0 Å². The van der Waals surface area contributed by atoms with Crippen molar-refractivity contribution in [2.45, 2.75) is 51.5 Å². The molecule has 1 rings (SSSR count). The minimum absolute atomic E-state index is 0.0255. The van der Waals surface area contributed by atoms with Gasteiger partial charge in [0, 0.05) is 6.04 Å². The van der Waals surface area contributed by atoms with Crippen LogP contribution in [0.25, 0.3) is 0 Å². The lowest BCUT2D eigenvalue weighted by molar-refractivity contribution is -0.120. The van der Waals surface area contributed by atoms with E-state index in [0.29, 0.717) is 6.04 Å². The van der Waals surface area contributed by atoms with Gasteiger partial charge in [-0.3, -0.25) is 4.79 Å².